The van der Waals surface area contributed by atoms with Crippen molar-refractivity contribution in [3.05, 3.63) is 81.9 Å². The second-order valence-corrected chi connectivity index (χ2v) is 9.77. The Balaban J connectivity index is 1.40. The highest BCUT2D eigenvalue weighted by molar-refractivity contribution is 6.30. The van der Waals surface area contributed by atoms with E-state index in [0.29, 0.717) is 35.3 Å². The summed E-state index contributed by atoms with van der Waals surface area (Å²) in [6.07, 6.45) is 5.77. The molecule has 34 heavy (non-hydrogen) atoms. The van der Waals surface area contributed by atoms with Crippen LogP contribution in [0.2, 0.25) is 10.0 Å². The van der Waals surface area contributed by atoms with Crippen LogP contribution >= 0.6 is 23.2 Å². The number of amides is 2. The summed E-state index contributed by atoms with van der Waals surface area (Å²) >= 11 is 12.2. The summed E-state index contributed by atoms with van der Waals surface area (Å²) in [5.74, 6) is -0.476. The SMILES string of the molecule is O=C1[C@H]2CC=CC[C@@H]2C(=O)N1c1nc2n(n1)[C@H](c1ccc(Cl)cc1)C[C@H](c1ccc(Cl)cc1)N2. The van der Waals surface area contributed by atoms with Crippen LogP contribution in [0.1, 0.15) is 42.5 Å². The zero-order valence-electron chi connectivity index (χ0n) is 18.1. The fourth-order valence-corrected chi connectivity index (χ4v) is 5.39. The Morgan fingerprint density at radius 1 is 0.824 bits per heavy atom. The number of carbonyl (C=O) groups excluding carboxylic acids is 2. The third kappa shape index (κ3) is 3.51. The van der Waals surface area contributed by atoms with Gasteiger partial charge >= 0.3 is 0 Å². The largest absolute Gasteiger partial charge is 0.347 e. The highest BCUT2D eigenvalue weighted by atomic mass is 35.5. The van der Waals surface area contributed by atoms with Crippen molar-refractivity contribution in [1.82, 2.24) is 14.8 Å². The Labute approximate surface area is 206 Å². The molecule has 1 aromatic heterocycles. The average molecular weight is 494 g/mol. The van der Waals surface area contributed by atoms with E-state index < -0.39 is 0 Å². The number of fused-ring (bicyclic) bond motifs is 2. The molecule has 0 saturated carbocycles. The Morgan fingerprint density at radius 3 is 1.97 bits per heavy atom. The summed E-state index contributed by atoms with van der Waals surface area (Å²) in [6, 6.07) is 15.1. The molecule has 1 N–H and O–H groups in total. The monoisotopic (exact) mass is 493 g/mol. The van der Waals surface area contributed by atoms with Gasteiger partial charge in [0.1, 0.15) is 0 Å². The molecule has 0 spiro atoms. The molecular weight excluding hydrogens is 473 g/mol. The average Bonchev–Trinajstić information content (AvgIpc) is 3.38. The molecule has 3 aromatic rings. The summed E-state index contributed by atoms with van der Waals surface area (Å²) in [5.41, 5.74) is 2.07. The molecule has 1 saturated heterocycles. The lowest BCUT2D eigenvalue weighted by molar-refractivity contribution is -0.122. The highest BCUT2D eigenvalue weighted by Gasteiger charge is 2.49. The highest BCUT2D eigenvalue weighted by Crippen LogP contribution is 2.41. The lowest BCUT2D eigenvalue weighted by Gasteiger charge is -2.31. The summed E-state index contributed by atoms with van der Waals surface area (Å²) in [7, 11) is 0. The summed E-state index contributed by atoms with van der Waals surface area (Å²) < 4.78 is 1.77. The standard InChI is InChI=1S/C25H21Cl2N5O2/c26-16-9-5-14(6-10-16)20-13-21(15-7-11-17(27)12-8-15)32-24(28-20)29-25(30-32)31-22(33)18-3-1-2-4-19(18)23(31)34/h1-2,5-12,18-21H,3-4,13H2,(H,28,29,30)/t18-,19-,20+,21-/m0/s1. The molecule has 2 amide bonds. The van der Waals surface area contributed by atoms with Crippen LogP contribution in [0, 0.1) is 11.8 Å². The fourth-order valence-electron chi connectivity index (χ4n) is 5.13. The van der Waals surface area contributed by atoms with Crippen LogP contribution in [0.3, 0.4) is 0 Å². The molecule has 0 unspecified atom stereocenters. The lowest BCUT2D eigenvalue weighted by Crippen LogP contribution is -2.32. The topological polar surface area (TPSA) is 80.1 Å². The van der Waals surface area contributed by atoms with Crippen molar-refractivity contribution in [3.63, 3.8) is 0 Å². The maximum Gasteiger partial charge on any atom is 0.260 e. The molecule has 1 fully saturated rings. The van der Waals surface area contributed by atoms with Crippen molar-refractivity contribution >= 4 is 46.9 Å². The molecule has 0 radical (unpaired) electrons. The van der Waals surface area contributed by atoms with Crippen molar-refractivity contribution in [2.75, 3.05) is 10.2 Å². The molecule has 0 bridgehead atoms. The van der Waals surface area contributed by atoms with Crippen LogP contribution in [0.15, 0.2) is 60.7 Å². The second-order valence-electron chi connectivity index (χ2n) is 8.90. The third-order valence-corrected chi connectivity index (χ3v) is 7.42. The number of rotatable bonds is 3. The van der Waals surface area contributed by atoms with Crippen molar-refractivity contribution in [3.8, 4) is 0 Å². The van der Waals surface area contributed by atoms with E-state index >= 15 is 0 Å². The number of benzene rings is 2. The molecule has 2 aliphatic heterocycles. The van der Waals surface area contributed by atoms with Gasteiger partial charge in [0.05, 0.1) is 23.9 Å². The molecule has 3 aliphatic rings. The van der Waals surface area contributed by atoms with Gasteiger partial charge in [0, 0.05) is 10.0 Å². The molecule has 6 rings (SSSR count). The molecular formula is C25H21Cl2N5O2. The van der Waals surface area contributed by atoms with Gasteiger partial charge in [-0.15, -0.1) is 5.10 Å². The number of hydrogen-bond acceptors (Lipinski definition) is 5. The Hall–Kier alpha value is -3.16. The maximum atomic E-state index is 13.1. The Bertz CT molecular complexity index is 1280. The number of halogens is 2. The number of imide groups is 1. The lowest BCUT2D eigenvalue weighted by atomic mass is 9.85. The van der Waals surface area contributed by atoms with Crippen LogP contribution in [0.5, 0.6) is 0 Å². The molecule has 172 valence electrons. The van der Waals surface area contributed by atoms with Gasteiger partial charge in [0.2, 0.25) is 17.8 Å². The van der Waals surface area contributed by atoms with E-state index in [1.54, 1.807) is 4.68 Å². The smallest absolute Gasteiger partial charge is 0.260 e. The van der Waals surface area contributed by atoms with E-state index in [9.17, 15) is 9.59 Å². The summed E-state index contributed by atoms with van der Waals surface area (Å²) in [6.45, 7) is 0. The van der Waals surface area contributed by atoms with E-state index in [-0.39, 0.29) is 41.7 Å². The molecule has 3 heterocycles. The minimum Gasteiger partial charge on any atom is -0.347 e. The predicted molar refractivity (Wildman–Crippen MR) is 130 cm³/mol. The first-order valence-electron chi connectivity index (χ1n) is 11.3. The number of nitrogens with one attached hydrogen (secondary N) is 1. The zero-order chi connectivity index (χ0) is 23.4. The summed E-state index contributed by atoms with van der Waals surface area (Å²) in [4.78, 5) is 32.0. The van der Waals surface area contributed by atoms with Crippen LogP contribution < -0.4 is 10.2 Å². The minimum absolute atomic E-state index is 0.0562. The van der Waals surface area contributed by atoms with Crippen LogP contribution in [0.25, 0.3) is 0 Å². The van der Waals surface area contributed by atoms with E-state index in [1.165, 1.54) is 4.90 Å². The Morgan fingerprint density at radius 2 is 1.38 bits per heavy atom. The summed E-state index contributed by atoms with van der Waals surface area (Å²) in [5, 5.41) is 9.42. The number of aromatic nitrogens is 3. The first-order valence-corrected chi connectivity index (χ1v) is 12.0. The number of nitrogens with zero attached hydrogens (tertiary/aromatic N) is 4. The van der Waals surface area contributed by atoms with Gasteiger partial charge in [0.15, 0.2) is 0 Å². The van der Waals surface area contributed by atoms with Gasteiger partial charge in [-0.05, 0) is 54.7 Å². The maximum absolute atomic E-state index is 13.1. The van der Waals surface area contributed by atoms with Crippen molar-refractivity contribution in [2.45, 2.75) is 31.3 Å². The third-order valence-electron chi connectivity index (χ3n) is 6.91. The second kappa shape index (κ2) is 8.25. The van der Waals surface area contributed by atoms with Gasteiger partial charge in [0.25, 0.3) is 5.95 Å². The van der Waals surface area contributed by atoms with Crippen LogP contribution in [-0.4, -0.2) is 26.6 Å². The van der Waals surface area contributed by atoms with Gasteiger partial charge < -0.3 is 5.32 Å². The first kappa shape index (κ1) is 21.4. The quantitative estimate of drug-likeness (QED) is 0.401. The van der Waals surface area contributed by atoms with Gasteiger partial charge in [-0.3, -0.25) is 9.59 Å². The first-order chi connectivity index (χ1) is 16.5. The van der Waals surface area contributed by atoms with Crippen LogP contribution in [0.4, 0.5) is 11.9 Å². The van der Waals surface area contributed by atoms with E-state index in [1.807, 2.05) is 60.7 Å². The van der Waals surface area contributed by atoms with Gasteiger partial charge in [-0.25, -0.2) is 9.58 Å². The Kier molecular flexibility index (Phi) is 5.19. The van der Waals surface area contributed by atoms with Crippen molar-refractivity contribution < 1.29 is 9.59 Å². The molecule has 1 aliphatic carbocycles. The number of allylic oxidation sites excluding steroid dienone is 2. The molecule has 4 atom stereocenters. The van der Waals surface area contributed by atoms with Gasteiger partial charge in [-0.2, -0.15) is 4.98 Å². The fraction of sp³-hybridized carbons (Fsp3) is 0.280. The van der Waals surface area contributed by atoms with E-state index in [2.05, 4.69) is 15.4 Å². The van der Waals surface area contributed by atoms with E-state index in [4.69, 9.17) is 23.2 Å². The van der Waals surface area contributed by atoms with Crippen LogP contribution in [-0.2, 0) is 9.59 Å². The number of hydrogen-bond donors (Lipinski definition) is 1. The molecule has 9 heteroatoms. The van der Waals surface area contributed by atoms with Crippen molar-refractivity contribution in [1.29, 1.82) is 0 Å². The molecule has 7 nitrogen and oxygen atoms in total. The minimum atomic E-state index is -0.333. The number of anilines is 2. The normalized spacial score (nSPS) is 25.8. The number of carbonyl (C=O) groups is 2. The van der Waals surface area contributed by atoms with E-state index in [0.717, 1.165) is 11.1 Å². The molecule has 2 aromatic carbocycles. The predicted octanol–water partition coefficient (Wildman–Crippen LogP) is 5.19. The van der Waals surface area contributed by atoms with Gasteiger partial charge in [-0.1, -0.05) is 59.6 Å². The van der Waals surface area contributed by atoms with Crippen molar-refractivity contribution in [2.24, 2.45) is 11.8 Å². The zero-order valence-corrected chi connectivity index (χ0v) is 19.6.